The molecule has 0 spiro atoms. The smallest absolute Gasteiger partial charge is 0.243 e. The van der Waals surface area contributed by atoms with Crippen molar-refractivity contribution in [3.8, 4) is 5.75 Å². The largest absolute Gasteiger partial charge is 0.496 e. The van der Waals surface area contributed by atoms with Crippen molar-refractivity contribution < 1.29 is 17.4 Å². The summed E-state index contributed by atoms with van der Waals surface area (Å²) < 4.78 is 43.2. The van der Waals surface area contributed by atoms with E-state index in [9.17, 15) is 12.6 Å². The van der Waals surface area contributed by atoms with Gasteiger partial charge in [0.15, 0.2) is 0 Å². The third-order valence-electron chi connectivity index (χ3n) is 3.39. The van der Waals surface area contributed by atoms with Gasteiger partial charge in [0.05, 0.1) is 12.0 Å². The molecule has 6 nitrogen and oxygen atoms in total. The third kappa shape index (κ3) is 3.63. The number of benzene rings is 1. The number of ether oxygens (including phenoxy) is 1. The van der Waals surface area contributed by atoms with E-state index >= 15 is 0 Å². The average molecular weight is 332 g/mol. The number of sulfonamides is 1. The Balaban J connectivity index is 2.31. The minimum atomic E-state index is -3.54. The molecule has 0 saturated carbocycles. The van der Waals surface area contributed by atoms with E-state index < -0.39 is 20.8 Å². The maximum Gasteiger partial charge on any atom is 0.243 e. The topological polar surface area (TPSA) is 75.7 Å². The van der Waals surface area contributed by atoms with E-state index in [2.05, 4.69) is 5.32 Å². The van der Waals surface area contributed by atoms with E-state index in [1.54, 1.807) is 32.4 Å². The zero-order valence-corrected chi connectivity index (χ0v) is 13.8. The van der Waals surface area contributed by atoms with Gasteiger partial charge in [-0.2, -0.15) is 4.31 Å². The van der Waals surface area contributed by atoms with Crippen LogP contribution in [-0.2, 0) is 27.4 Å². The molecule has 0 atom stereocenters. The SMILES string of the molecule is CNCc1cc(S(=O)(=O)N2CCS(=O)CC2)ccc1OC. The van der Waals surface area contributed by atoms with Crippen LogP contribution in [0.3, 0.4) is 0 Å². The van der Waals surface area contributed by atoms with Gasteiger partial charge in [-0.3, -0.25) is 4.21 Å². The van der Waals surface area contributed by atoms with Crippen LogP contribution in [0.4, 0.5) is 0 Å². The van der Waals surface area contributed by atoms with Gasteiger partial charge in [-0.25, -0.2) is 8.42 Å². The Labute approximate surface area is 128 Å². The molecule has 1 aromatic carbocycles. The molecule has 8 heteroatoms. The third-order valence-corrected chi connectivity index (χ3v) is 6.56. The molecule has 0 unspecified atom stereocenters. The highest BCUT2D eigenvalue weighted by Crippen LogP contribution is 2.25. The normalized spacial score (nSPS) is 17.8. The predicted molar refractivity (Wildman–Crippen MR) is 82.4 cm³/mol. The maximum absolute atomic E-state index is 12.6. The highest BCUT2D eigenvalue weighted by atomic mass is 32.2. The van der Waals surface area contributed by atoms with Gasteiger partial charge >= 0.3 is 0 Å². The van der Waals surface area contributed by atoms with Crippen molar-refractivity contribution in [2.24, 2.45) is 0 Å². The van der Waals surface area contributed by atoms with Crippen LogP contribution in [0.2, 0.25) is 0 Å². The zero-order chi connectivity index (χ0) is 15.5. The monoisotopic (exact) mass is 332 g/mol. The van der Waals surface area contributed by atoms with Crippen LogP contribution in [0.15, 0.2) is 23.1 Å². The summed E-state index contributed by atoms with van der Waals surface area (Å²) in [7, 11) is -1.09. The summed E-state index contributed by atoms with van der Waals surface area (Å²) in [4.78, 5) is 0.251. The Bertz CT molecular complexity index is 621. The van der Waals surface area contributed by atoms with Crippen molar-refractivity contribution in [3.05, 3.63) is 23.8 Å². The van der Waals surface area contributed by atoms with Gasteiger partial charge in [-0.05, 0) is 25.2 Å². The van der Waals surface area contributed by atoms with E-state index in [4.69, 9.17) is 4.74 Å². The molecule has 0 amide bonds. The van der Waals surface area contributed by atoms with Crippen molar-refractivity contribution in [2.75, 3.05) is 38.8 Å². The molecule has 0 aliphatic carbocycles. The van der Waals surface area contributed by atoms with Gasteiger partial charge in [0.1, 0.15) is 5.75 Å². The van der Waals surface area contributed by atoms with Gasteiger partial charge in [0.2, 0.25) is 10.0 Å². The molecule has 1 heterocycles. The molecular formula is C13H20N2O4S2. The Kier molecular flexibility index (Phi) is 5.37. The summed E-state index contributed by atoms with van der Waals surface area (Å²) in [6.45, 7) is 1.14. The standard InChI is InChI=1S/C13H20N2O4S2/c1-14-10-11-9-12(3-4-13(11)19-2)21(17,18)15-5-7-20(16)8-6-15/h3-4,9,14H,5-8,10H2,1-2H3. The van der Waals surface area contributed by atoms with Gasteiger partial charge in [-0.1, -0.05) is 0 Å². The molecule has 1 aliphatic heterocycles. The summed E-state index contributed by atoms with van der Waals surface area (Å²) in [5, 5.41) is 2.99. The summed E-state index contributed by atoms with van der Waals surface area (Å²) in [5.41, 5.74) is 0.793. The van der Waals surface area contributed by atoms with Crippen LogP contribution >= 0.6 is 0 Å². The quantitative estimate of drug-likeness (QED) is 0.832. The van der Waals surface area contributed by atoms with Crippen molar-refractivity contribution in [1.29, 1.82) is 0 Å². The first-order valence-electron chi connectivity index (χ1n) is 6.65. The molecule has 0 aromatic heterocycles. The number of nitrogens with zero attached hydrogens (tertiary/aromatic N) is 1. The molecule has 2 rings (SSSR count). The van der Waals surface area contributed by atoms with E-state index in [1.807, 2.05) is 0 Å². The second kappa shape index (κ2) is 6.87. The van der Waals surface area contributed by atoms with Gasteiger partial charge in [-0.15, -0.1) is 0 Å². The number of rotatable bonds is 5. The minimum absolute atomic E-state index is 0.251. The van der Waals surface area contributed by atoms with Crippen molar-refractivity contribution >= 4 is 20.8 Å². The molecular weight excluding hydrogens is 312 g/mol. The zero-order valence-electron chi connectivity index (χ0n) is 12.2. The minimum Gasteiger partial charge on any atom is -0.496 e. The van der Waals surface area contributed by atoms with E-state index in [1.165, 1.54) is 4.31 Å². The molecule has 1 saturated heterocycles. The van der Waals surface area contributed by atoms with E-state index in [-0.39, 0.29) is 4.90 Å². The Morgan fingerprint density at radius 1 is 1.33 bits per heavy atom. The lowest BCUT2D eigenvalue weighted by Crippen LogP contribution is -2.41. The first kappa shape index (κ1) is 16.4. The lowest BCUT2D eigenvalue weighted by Gasteiger charge is -2.26. The number of hydrogen-bond acceptors (Lipinski definition) is 5. The van der Waals surface area contributed by atoms with E-state index in [0.29, 0.717) is 36.9 Å². The summed E-state index contributed by atoms with van der Waals surface area (Å²) in [6, 6.07) is 4.86. The van der Waals surface area contributed by atoms with Gasteiger partial charge in [0.25, 0.3) is 0 Å². The highest BCUT2D eigenvalue weighted by Gasteiger charge is 2.28. The highest BCUT2D eigenvalue weighted by molar-refractivity contribution is 7.89. The molecule has 118 valence electrons. The molecule has 1 fully saturated rings. The van der Waals surface area contributed by atoms with Crippen molar-refractivity contribution in [1.82, 2.24) is 9.62 Å². The molecule has 1 aromatic rings. The van der Waals surface area contributed by atoms with E-state index in [0.717, 1.165) is 5.56 Å². The second-order valence-corrected chi connectivity index (χ2v) is 8.39. The second-order valence-electron chi connectivity index (χ2n) is 4.76. The fourth-order valence-electron chi connectivity index (χ4n) is 2.25. The summed E-state index contributed by atoms with van der Waals surface area (Å²) in [5.74, 6) is 1.46. The molecule has 1 aliphatic rings. The first-order valence-corrected chi connectivity index (χ1v) is 9.58. The van der Waals surface area contributed by atoms with Crippen LogP contribution in [0.1, 0.15) is 5.56 Å². The van der Waals surface area contributed by atoms with Crippen molar-refractivity contribution in [2.45, 2.75) is 11.4 Å². The predicted octanol–water partition coefficient (Wildman–Crippen LogP) is 0.168. The fraction of sp³-hybridized carbons (Fsp3) is 0.538. The molecule has 21 heavy (non-hydrogen) atoms. The number of hydrogen-bond donors (Lipinski definition) is 1. The van der Waals surface area contributed by atoms with Crippen LogP contribution in [0, 0.1) is 0 Å². The fourth-order valence-corrected chi connectivity index (χ4v) is 5.03. The van der Waals surface area contributed by atoms with Crippen LogP contribution in [0.5, 0.6) is 5.75 Å². The van der Waals surface area contributed by atoms with Crippen LogP contribution < -0.4 is 10.1 Å². The lowest BCUT2D eigenvalue weighted by molar-refractivity contribution is 0.407. The molecule has 1 N–H and O–H groups in total. The molecule has 0 radical (unpaired) electrons. The lowest BCUT2D eigenvalue weighted by atomic mass is 10.2. The molecule has 0 bridgehead atoms. The summed E-state index contributed by atoms with van der Waals surface area (Å²) >= 11 is 0. The van der Waals surface area contributed by atoms with Gasteiger partial charge in [0, 0.05) is 47.5 Å². The average Bonchev–Trinajstić information content (AvgIpc) is 2.48. The number of nitrogens with one attached hydrogen (secondary N) is 1. The van der Waals surface area contributed by atoms with Crippen LogP contribution in [0.25, 0.3) is 0 Å². The maximum atomic E-state index is 12.6. The van der Waals surface area contributed by atoms with Gasteiger partial charge < -0.3 is 10.1 Å². The van der Waals surface area contributed by atoms with Crippen LogP contribution in [-0.4, -0.2) is 55.7 Å². The number of methoxy groups -OCH3 is 1. The Morgan fingerprint density at radius 2 is 2.00 bits per heavy atom. The Morgan fingerprint density at radius 3 is 2.57 bits per heavy atom. The Hall–Kier alpha value is -0.960. The van der Waals surface area contributed by atoms with Crippen molar-refractivity contribution in [3.63, 3.8) is 0 Å². The summed E-state index contributed by atoms with van der Waals surface area (Å²) in [6.07, 6.45) is 0. The first-order chi connectivity index (χ1) is 9.98.